The van der Waals surface area contributed by atoms with Crippen LogP contribution in [0.2, 0.25) is 10.0 Å². The van der Waals surface area contributed by atoms with Crippen molar-refractivity contribution in [1.82, 2.24) is 5.32 Å². The fourth-order valence-corrected chi connectivity index (χ4v) is 1.85. The molecule has 1 rings (SSSR count). The Labute approximate surface area is 127 Å². The number of nitrogens with one attached hydrogen (secondary N) is 1. The van der Waals surface area contributed by atoms with Crippen molar-refractivity contribution in [3.8, 4) is 0 Å². The van der Waals surface area contributed by atoms with Crippen molar-refractivity contribution in [2.24, 2.45) is 0 Å². The van der Waals surface area contributed by atoms with E-state index in [2.05, 4.69) is 5.32 Å². The summed E-state index contributed by atoms with van der Waals surface area (Å²) >= 11 is 11.7. The molecule has 0 radical (unpaired) electrons. The highest BCUT2D eigenvalue weighted by atomic mass is 35.5. The number of rotatable bonds is 5. The first-order chi connectivity index (χ1) is 9.43. The average molecular weight is 316 g/mol. The summed E-state index contributed by atoms with van der Waals surface area (Å²) in [4.78, 5) is 23.0. The largest absolute Gasteiger partial charge is 0.449 e. The van der Waals surface area contributed by atoms with E-state index in [9.17, 15) is 9.59 Å². The number of halogens is 2. The minimum Gasteiger partial charge on any atom is -0.449 e. The first kappa shape index (κ1) is 16.5. The van der Waals surface area contributed by atoms with E-state index >= 15 is 0 Å². The van der Waals surface area contributed by atoms with Crippen LogP contribution in [0.25, 0.3) is 6.08 Å². The van der Waals surface area contributed by atoms with E-state index < -0.39 is 12.1 Å². The van der Waals surface area contributed by atoms with E-state index in [1.54, 1.807) is 25.1 Å². The Morgan fingerprint density at radius 2 is 2.10 bits per heavy atom. The van der Waals surface area contributed by atoms with Crippen molar-refractivity contribution in [3.05, 3.63) is 39.9 Å². The normalized spacial score (nSPS) is 12.2. The van der Waals surface area contributed by atoms with E-state index in [-0.39, 0.29) is 5.91 Å². The number of amides is 1. The van der Waals surface area contributed by atoms with Crippen molar-refractivity contribution < 1.29 is 14.3 Å². The van der Waals surface area contributed by atoms with Gasteiger partial charge in [0.15, 0.2) is 6.10 Å². The van der Waals surface area contributed by atoms with E-state index in [0.29, 0.717) is 22.2 Å². The lowest BCUT2D eigenvalue weighted by Gasteiger charge is -2.10. The first-order valence-corrected chi connectivity index (χ1v) is 6.81. The molecule has 0 saturated carbocycles. The summed E-state index contributed by atoms with van der Waals surface area (Å²) in [7, 11) is 0. The molecule has 0 aliphatic carbocycles. The van der Waals surface area contributed by atoms with Gasteiger partial charge >= 0.3 is 5.97 Å². The summed E-state index contributed by atoms with van der Waals surface area (Å²) < 4.78 is 4.94. The third-order valence-corrected chi connectivity index (χ3v) is 2.94. The molecule has 1 atom stereocenters. The second kappa shape index (κ2) is 7.92. The topological polar surface area (TPSA) is 55.4 Å². The van der Waals surface area contributed by atoms with Gasteiger partial charge in [-0.25, -0.2) is 4.79 Å². The maximum atomic E-state index is 11.6. The second-order valence-corrected chi connectivity index (χ2v) is 4.82. The highest BCUT2D eigenvalue weighted by Crippen LogP contribution is 2.21. The van der Waals surface area contributed by atoms with Crippen LogP contribution in [0.3, 0.4) is 0 Å². The molecule has 0 aliphatic rings. The molecule has 1 aromatic carbocycles. The first-order valence-electron chi connectivity index (χ1n) is 6.05. The second-order valence-electron chi connectivity index (χ2n) is 3.97. The molecule has 1 N–H and O–H groups in total. The molecule has 0 saturated heterocycles. The van der Waals surface area contributed by atoms with E-state index in [1.807, 2.05) is 0 Å². The molecule has 6 heteroatoms. The molecule has 20 heavy (non-hydrogen) atoms. The Balaban J connectivity index is 2.61. The maximum Gasteiger partial charge on any atom is 0.331 e. The summed E-state index contributed by atoms with van der Waals surface area (Å²) in [6, 6.07) is 4.92. The van der Waals surface area contributed by atoms with Gasteiger partial charge in [-0.15, -0.1) is 0 Å². The Morgan fingerprint density at radius 3 is 2.70 bits per heavy atom. The summed E-state index contributed by atoms with van der Waals surface area (Å²) in [6.07, 6.45) is 1.88. The Hall–Kier alpha value is -1.52. The predicted octanol–water partition coefficient (Wildman–Crippen LogP) is 3.07. The lowest BCUT2D eigenvalue weighted by atomic mass is 10.2. The Morgan fingerprint density at radius 1 is 1.40 bits per heavy atom. The molecule has 1 aromatic rings. The molecular weight excluding hydrogens is 301 g/mol. The molecule has 0 heterocycles. The molecule has 0 aliphatic heterocycles. The van der Waals surface area contributed by atoms with Gasteiger partial charge in [0.25, 0.3) is 5.91 Å². The lowest BCUT2D eigenvalue weighted by molar-refractivity contribution is -0.150. The smallest absolute Gasteiger partial charge is 0.331 e. The van der Waals surface area contributed by atoms with Crippen LogP contribution in [0.1, 0.15) is 19.4 Å². The van der Waals surface area contributed by atoms with Crippen molar-refractivity contribution in [3.63, 3.8) is 0 Å². The third-order valence-electron chi connectivity index (χ3n) is 2.37. The van der Waals surface area contributed by atoms with Gasteiger partial charge in [-0.3, -0.25) is 4.79 Å². The van der Waals surface area contributed by atoms with Crippen LogP contribution < -0.4 is 5.32 Å². The summed E-state index contributed by atoms with van der Waals surface area (Å²) in [5, 5.41) is 3.51. The SMILES string of the molecule is CCNC(=O)[C@@H](C)OC(=O)/C=C/c1ccc(Cl)cc1Cl. The summed E-state index contributed by atoms with van der Waals surface area (Å²) in [5.74, 6) is -0.950. The Kier molecular flexibility index (Phi) is 6.55. The molecule has 0 aromatic heterocycles. The minimum absolute atomic E-state index is 0.334. The van der Waals surface area contributed by atoms with E-state index in [0.717, 1.165) is 0 Å². The van der Waals surface area contributed by atoms with Gasteiger partial charge in [0.05, 0.1) is 0 Å². The zero-order chi connectivity index (χ0) is 15.1. The van der Waals surface area contributed by atoms with Crippen LogP contribution in [0.15, 0.2) is 24.3 Å². The fraction of sp³-hybridized carbons (Fsp3) is 0.286. The summed E-state index contributed by atoms with van der Waals surface area (Å²) in [5.41, 5.74) is 0.638. The zero-order valence-corrected chi connectivity index (χ0v) is 12.7. The number of likely N-dealkylation sites (N-methyl/N-ethyl adjacent to an activating group) is 1. The average Bonchev–Trinajstić information content (AvgIpc) is 2.37. The number of esters is 1. The quantitative estimate of drug-likeness (QED) is 0.671. The van der Waals surface area contributed by atoms with Gasteiger partial charge in [0, 0.05) is 22.7 Å². The van der Waals surface area contributed by atoms with E-state index in [1.165, 1.54) is 19.1 Å². The molecule has 0 fully saturated rings. The molecule has 1 amide bonds. The highest BCUT2D eigenvalue weighted by Gasteiger charge is 2.15. The van der Waals surface area contributed by atoms with Gasteiger partial charge < -0.3 is 10.1 Å². The minimum atomic E-state index is -0.840. The molecule has 0 spiro atoms. The molecule has 0 bridgehead atoms. The molecule has 108 valence electrons. The molecular formula is C14H15Cl2NO3. The van der Waals surface area contributed by atoms with Crippen LogP contribution in [-0.2, 0) is 14.3 Å². The predicted molar refractivity (Wildman–Crippen MR) is 79.7 cm³/mol. The van der Waals surface area contributed by atoms with Crippen LogP contribution in [0, 0.1) is 0 Å². The standard InChI is InChI=1S/C14H15Cl2NO3/c1-3-17-14(19)9(2)20-13(18)7-5-10-4-6-11(15)8-12(10)16/h4-9H,3H2,1-2H3,(H,17,19)/b7-5+/t9-/m1/s1. The van der Waals surface area contributed by atoms with Gasteiger partial charge in [0.1, 0.15) is 0 Å². The van der Waals surface area contributed by atoms with Crippen LogP contribution in [0.4, 0.5) is 0 Å². The van der Waals surface area contributed by atoms with Crippen molar-refractivity contribution in [1.29, 1.82) is 0 Å². The zero-order valence-electron chi connectivity index (χ0n) is 11.2. The number of hydrogen-bond donors (Lipinski definition) is 1. The number of carbonyl (C=O) groups excluding carboxylic acids is 2. The monoisotopic (exact) mass is 315 g/mol. The summed E-state index contributed by atoms with van der Waals surface area (Å²) in [6.45, 7) is 3.78. The number of benzene rings is 1. The highest BCUT2D eigenvalue weighted by molar-refractivity contribution is 6.35. The van der Waals surface area contributed by atoms with Gasteiger partial charge in [-0.05, 0) is 37.6 Å². The molecule has 0 unspecified atom stereocenters. The van der Waals surface area contributed by atoms with Crippen molar-refractivity contribution in [2.45, 2.75) is 20.0 Å². The van der Waals surface area contributed by atoms with Crippen molar-refractivity contribution in [2.75, 3.05) is 6.54 Å². The Bertz CT molecular complexity index is 529. The fourth-order valence-electron chi connectivity index (χ4n) is 1.38. The number of carbonyl (C=O) groups is 2. The lowest BCUT2D eigenvalue weighted by Crippen LogP contribution is -2.35. The molecule has 4 nitrogen and oxygen atoms in total. The maximum absolute atomic E-state index is 11.6. The van der Waals surface area contributed by atoms with Gasteiger partial charge in [-0.1, -0.05) is 29.3 Å². The van der Waals surface area contributed by atoms with Crippen LogP contribution >= 0.6 is 23.2 Å². The number of hydrogen-bond acceptors (Lipinski definition) is 3. The van der Waals surface area contributed by atoms with E-state index in [4.69, 9.17) is 27.9 Å². The van der Waals surface area contributed by atoms with Crippen LogP contribution in [0.5, 0.6) is 0 Å². The van der Waals surface area contributed by atoms with Gasteiger partial charge in [0.2, 0.25) is 0 Å². The van der Waals surface area contributed by atoms with Gasteiger partial charge in [-0.2, -0.15) is 0 Å². The van der Waals surface area contributed by atoms with Crippen LogP contribution in [-0.4, -0.2) is 24.5 Å². The van der Waals surface area contributed by atoms with Crippen molar-refractivity contribution >= 4 is 41.2 Å². The third kappa shape index (κ3) is 5.23. The number of ether oxygens (including phenoxy) is 1.